The summed E-state index contributed by atoms with van der Waals surface area (Å²) < 4.78 is 26.4. The highest BCUT2D eigenvalue weighted by atomic mass is 32.2. The topological polar surface area (TPSA) is 58.6 Å². The first-order chi connectivity index (χ1) is 6.17. The maximum atomic E-state index is 11.4. The van der Waals surface area contributed by atoms with Crippen LogP contribution in [0.15, 0.2) is 0 Å². The largest absolute Gasteiger partial charge is 0.301 e. The van der Waals surface area contributed by atoms with Gasteiger partial charge in [-0.2, -0.15) is 8.42 Å². The van der Waals surface area contributed by atoms with Crippen LogP contribution in [0.5, 0.6) is 0 Å². The molecule has 1 N–H and O–H groups in total. The van der Waals surface area contributed by atoms with E-state index >= 15 is 0 Å². The molecule has 0 atom stereocenters. The summed E-state index contributed by atoms with van der Waals surface area (Å²) in [6.45, 7) is 3.33. The molecule has 0 aromatic rings. The molecule has 13 heavy (non-hydrogen) atoms. The second kappa shape index (κ2) is 4.90. The number of hydrogen-bond acceptors (Lipinski definition) is 3. The first kappa shape index (κ1) is 10.9. The molecule has 0 spiro atoms. The Balaban J connectivity index is 2.47. The molecule has 1 rings (SSSR count). The summed E-state index contributed by atoms with van der Waals surface area (Å²) in [6, 6.07) is 0. The third-order valence-electron chi connectivity index (χ3n) is 1.77. The minimum Gasteiger partial charge on any atom is -0.283 e. The zero-order chi connectivity index (χ0) is 9.73. The summed E-state index contributed by atoms with van der Waals surface area (Å²) in [5.41, 5.74) is 0. The van der Waals surface area contributed by atoms with E-state index in [1.807, 2.05) is 6.92 Å². The average molecular weight is 208 g/mol. The molecule has 5 nitrogen and oxygen atoms in total. The van der Waals surface area contributed by atoms with E-state index in [1.54, 1.807) is 0 Å². The minimum atomic E-state index is -3.38. The zero-order valence-electron chi connectivity index (χ0n) is 7.82. The van der Waals surface area contributed by atoms with Crippen molar-refractivity contribution in [3.8, 4) is 0 Å². The number of hydroxylamine groups is 1. The van der Waals surface area contributed by atoms with E-state index < -0.39 is 10.2 Å². The van der Waals surface area contributed by atoms with Crippen LogP contribution in [0.1, 0.15) is 26.2 Å². The molecule has 1 fully saturated rings. The molecular weight excluding hydrogens is 192 g/mol. The molecule has 1 heterocycles. The van der Waals surface area contributed by atoms with Gasteiger partial charge in [-0.1, -0.05) is 11.4 Å². The highest BCUT2D eigenvalue weighted by molar-refractivity contribution is 7.87. The number of nitrogens with zero attached hydrogens (tertiary/aromatic N) is 1. The molecule has 0 radical (unpaired) electrons. The van der Waals surface area contributed by atoms with Gasteiger partial charge in [0, 0.05) is 13.1 Å². The van der Waals surface area contributed by atoms with Gasteiger partial charge in [-0.15, -0.1) is 0 Å². The molecule has 78 valence electrons. The van der Waals surface area contributed by atoms with Crippen molar-refractivity contribution in [1.29, 1.82) is 0 Å². The van der Waals surface area contributed by atoms with Crippen molar-refractivity contribution in [2.24, 2.45) is 0 Å². The summed E-state index contributed by atoms with van der Waals surface area (Å²) >= 11 is 0. The molecule has 0 amide bonds. The van der Waals surface area contributed by atoms with Crippen LogP contribution in [0.25, 0.3) is 0 Å². The van der Waals surface area contributed by atoms with Gasteiger partial charge in [0.25, 0.3) is 0 Å². The first-order valence-electron chi connectivity index (χ1n) is 4.57. The van der Waals surface area contributed by atoms with Crippen molar-refractivity contribution < 1.29 is 13.3 Å². The summed E-state index contributed by atoms with van der Waals surface area (Å²) in [4.78, 5) is 5.02. The Kier molecular flexibility index (Phi) is 4.11. The van der Waals surface area contributed by atoms with Crippen LogP contribution in [0.2, 0.25) is 0 Å². The van der Waals surface area contributed by atoms with E-state index in [9.17, 15) is 8.42 Å². The zero-order valence-corrected chi connectivity index (χ0v) is 8.64. The van der Waals surface area contributed by atoms with Gasteiger partial charge in [0.05, 0.1) is 6.61 Å². The Labute approximate surface area is 79.2 Å². The summed E-state index contributed by atoms with van der Waals surface area (Å²) in [5.74, 6) is 0. The second-order valence-electron chi connectivity index (χ2n) is 2.97. The molecule has 1 saturated heterocycles. The third-order valence-corrected chi connectivity index (χ3v) is 3.17. The van der Waals surface area contributed by atoms with Gasteiger partial charge in [-0.25, -0.2) is 4.72 Å². The van der Waals surface area contributed by atoms with Gasteiger partial charge in [-0.05, 0) is 19.3 Å². The van der Waals surface area contributed by atoms with Gasteiger partial charge in [-0.3, -0.25) is 4.84 Å². The molecule has 1 aliphatic heterocycles. The van der Waals surface area contributed by atoms with Crippen molar-refractivity contribution in [2.75, 3.05) is 19.7 Å². The molecule has 0 bridgehead atoms. The highest BCUT2D eigenvalue weighted by Gasteiger charge is 2.24. The van der Waals surface area contributed by atoms with Crippen LogP contribution in [0.4, 0.5) is 0 Å². The Hall–Kier alpha value is -0.170. The van der Waals surface area contributed by atoms with Gasteiger partial charge in [0.15, 0.2) is 0 Å². The van der Waals surface area contributed by atoms with Crippen molar-refractivity contribution in [2.45, 2.75) is 26.2 Å². The van der Waals surface area contributed by atoms with E-state index in [0.717, 1.165) is 23.7 Å². The summed E-state index contributed by atoms with van der Waals surface area (Å²) in [6.07, 6.45) is 2.58. The first-order valence-corrected chi connectivity index (χ1v) is 6.01. The highest BCUT2D eigenvalue weighted by Crippen LogP contribution is 2.09. The number of hydrogen-bond donors (Lipinski definition) is 1. The lowest BCUT2D eigenvalue weighted by atomic mass is 10.3. The smallest absolute Gasteiger partial charge is 0.283 e. The van der Waals surface area contributed by atoms with E-state index in [0.29, 0.717) is 19.7 Å². The van der Waals surface area contributed by atoms with Gasteiger partial charge >= 0.3 is 10.2 Å². The molecule has 0 saturated carbocycles. The molecular formula is C7H16N2O3S. The fourth-order valence-corrected chi connectivity index (χ4v) is 2.26. The monoisotopic (exact) mass is 208 g/mol. The molecule has 0 unspecified atom stereocenters. The Morgan fingerprint density at radius 1 is 1.46 bits per heavy atom. The quantitative estimate of drug-likeness (QED) is 0.721. The predicted molar refractivity (Wildman–Crippen MR) is 49.1 cm³/mol. The fourth-order valence-electron chi connectivity index (χ4n) is 1.07. The predicted octanol–water partition coefficient (Wildman–Crippen LogP) is 0.258. The Morgan fingerprint density at radius 2 is 2.23 bits per heavy atom. The van der Waals surface area contributed by atoms with E-state index in [-0.39, 0.29) is 0 Å². The van der Waals surface area contributed by atoms with E-state index in [2.05, 4.69) is 4.72 Å². The standard InChI is InChI=1S/C7H16N2O3S/c1-2-5-8-13(10,11)9-6-3-4-7-12-9/h8H,2-7H2,1H3. The van der Waals surface area contributed by atoms with Gasteiger partial charge < -0.3 is 0 Å². The third kappa shape index (κ3) is 3.22. The Bertz CT molecular complexity index is 234. The lowest BCUT2D eigenvalue weighted by Crippen LogP contribution is -2.43. The van der Waals surface area contributed by atoms with Crippen LogP contribution in [0, 0.1) is 0 Å². The van der Waals surface area contributed by atoms with Crippen LogP contribution in [-0.4, -0.2) is 32.6 Å². The van der Waals surface area contributed by atoms with Crippen molar-refractivity contribution in [3.05, 3.63) is 0 Å². The normalized spacial score (nSPS) is 20.4. The average Bonchev–Trinajstić information content (AvgIpc) is 2.16. The number of nitrogens with one attached hydrogen (secondary N) is 1. The van der Waals surface area contributed by atoms with Crippen LogP contribution < -0.4 is 4.72 Å². The minimum absolute atomic E-state index is 0.457. The van der Waals surface area contributed by atoms with Crippen molar-refractivity contribution >= 4 is 10.2 Å². The molecule has 6 heteroatoms. The summed E-state index contributed by atoms with van der Waals surface area (Å²) in [5, 5.41) is 0. The van der Waals surface area contributed by atoms with Crippen LogP contribution >= 0.6 is 0 Å². The van der Waals surface area contributed by atoms with Gasteiger partial charge in [0.2, 0.25) is 0 Å². The second-order valence-corrected chi connectivity index (χ2v) is 4.61. The molecule has 0 aromatic carbocycles. The van der Waals surface area contributed by atoms with Crippen LogP contribution in [0.3, 0.4) is 0 Å². The molecule has 0 aliphatic carbocycles. The van der Waals surface area contributed by atoms with Gasteiger partial charge in [0.1, 0.15) is 0 Å². The Morgan fingerprint density at radius 3 is 2.77 bits per heavy atom. The van der Waals surface area contributed by atoms with E-state index in [1.165, 1.54) is 0 Å². The maximum absolute atomic E-state index is 11.4. The van der Waals surface area contributed by atoms with Crippen molar-refractivity contribution in [3.63, 3.8) is 0 Å². The van der Waals surface area contributed by atoms with Crippen molar-refractivity contribution in [1.82, 2.24) is 9.19 Å². The summed E-state index contributed by atoms with van der Waals surface area (Å²) in [7, 11) is -3.38. The maximum Gasteiger partial charge on any atom is 0.301 e. The molecule has 1 aliphatic rings. The van der Waals surface area contributed by atoms with E-state index in [4.69, 9.17) is 4.84 Å². The SMILES string of the molecule is CCCNS(=O)(=O)N1CCCCO1. The number of rotatable bonds is 4. The lowest BCUT2D eigenvalue weighted by Gasteiger charge is -2.25. The van der Waals surface area contributed by atoms with Crippen LogP contribution in [-0.2, 0) is 15.0 Å². The lowest BCUT2D eigenvalue weighted by molar-refractivity contribution is -0.109. The molecule has 0 aromatic heterocycles. The fraction of sp³-hybridized carbons (Fsp3) is 1.00.